The summed E-state index contributed by atoms with van der Waals surface area (Å²) in [4.78, 5) is 14.1. The maximum absolute atomic E-state index is 13.7. The molecule has 0 aromatic heterocycles. The predicted octanol–water partition coefficient (Wildman–Crippen LogP) is 2.18. The molecule has 0 radical (unpaired) electrons. The van der Waals surface area contributed by atoms with Crippen molar-refractivity contribution in [2.45, 2.75) is 32.4 Å². The summed E-state index contributed by atoms with van der Waals surface area (Å²) < 4.78 is 18.6. The monoisotopic (exact) mass is 294 g/mol. The number of carbonyl (C=O) groups is 1. The maximum Gasteiger partial charge on any atom is 0.240 e. The molecule has 1 aliphatic heterocycles. The van der Waals surface area contributed by atoms with Crippen LogP contribution in [-0.2, 0) is 11.3 Å². The number of benzene rings is 1. The van der Waals surface area contributed by atoms with E-state index >= 15 is 0 Å². The Balaban J connectivity index is 2.01. The molecular weight excluding hydrogens is 271 g/mol. The van der Waals surface area contributed by atoms with Crippen LogP contribution < -0.4 is 10.1 Å². The highest BCUT2D eigenvalue weighted by Crippen LogP contribution is 2.20. The summed E-state index contributed by atoms with van der Waals surface area (Å²) in [5.41, 5.74) is 0.757. The first-order valence-corrected chi connectivity index (χ1v) is 7.33. The van der Waals surface area contributed by atoms with Gasteiger partial charge in [0, 0.05) is 13.6 Å². The summed E-state index contributed by atoms with van der Waals surface area (Å²) >= 11 is 0. The Morgan fingerprint density at radius 1 is 1.52 bits per heavy atom. The van der Waals surface area contributed by atoms with Crippen LogP contribution in [0.15, 0.2) is 18.2 Å². The van der Waals surface area contributed by atoms with Crippen molar-refractivity contribution in [2.75, 3.05) is 20.7 Å². The van der Waals surface area contributed by atoms with Crippen molar-refractivity contribution in [2.24, 2.45) is 5.92 Å². The van der Waals surface area contributed by atoms with E-state index in [4.69, 9.17) is 4.74 Å². The second-order valence-electron chi connectivity index (χ2n) is 5.71. The molecule has 1 aromatic rings. The van der Waals surface area contributed by atoms with Crippen molar-refractivity contribution >= 4 is 5.91 Å². The average molecular weight is 294 g/mol. The number of carbonyl (C=O) groups excluding carboxylic acids is 1. The number of likely N-dealkylation sites (N-methyl/N-ethyl adjacent to an activating group) is 1. The molecule has 1 heterocycles. The number of methoxy groups -OCH3 is 1. The summed E-state index contributed by atoms with van der Waals surface area (Å²) in [5, 5.41) is 3.28. The van der Waals surface area contributed by atoms with E-state index in [1.807, 2.05) is 0 Å². The molecule has 2 unspecified atom stereocenters. The molecule has 0 spiro atoms. The molecule has 1 saturated heterocycles. The summed E-state index contributed by atoms with van der Waals surface area (Å²) in [5.74, 6) is 0.218. The highest BCUT2D eigenvalue weighted by Gasteiger charge is 2.29. The van der Waals surface area contributed by atoms with Gasteiger partial charge >= 0.3 is 0 Å². The molecule has 5 heteroatoms. The summed E-state index contributed by atoms with van der Waals surface area (Å²) in [7, 11) is 3.19. The van der Waals surface area contributed by atoms with Crippen molar-refractivity contribution in [1.82, 2.24) is 10.2 Å². The van der Waals surface area contributed by atoms with Crippen molar-refractivity contribution < 1.29 is 13.9 Å². The molecule has 1 aliphatic rings. The van der Waals surface area contributed by atoms with Crippen molar-refractivity contribution in [3.05, 3.63) is 29.6 Å². The van der Waals surface area contributed by atoms with E-state index in [1.54, 1.807) is 24.1 Å². The Hall–Kier alpha value is -1.62. The Morgan fingerprint density at radius 3 is 2.90 bits per heavy atom. The van der Waals surface area contributed by atoms with Gasteiger partial charge in [-0.3, -0.25) is 4.79 Å². The smallest absolute Gasteiger partial charge is 0.240 e. The Morgan fingerprint density at radius 2 is 2.29 bits per heavy atom. The van der Waals surface area contributed by atoms with Gasteiger partial charge < -0.3 is 15.0 Å². The van der Waals surface area contributed by atoms with Crippen LogP contribution in [0.25, 0.3) is 0 Å². The normalized spacial score (nSPS) is 21.9. The fourth-order valence-electron chi connectivity index (χ4n) is 2.78. The second kappa shape index (κ2) is 6.89. The fourth-order valence-corrected chi connectivity index (χ4v) is 2.78. The average Bonchev–Trinajstić information content (AvgIpc) is 2.47. The van der Waals surface area contributed by atoms with Gasteiger partial charge in [-0.1, -0.05) is 13.0 Å². The number of nitrogens with zero attached hydrogens (tertiary/aromatic N) is 1. The SMILES string of the molecule is COc1ccc(CN(C)C(=O)C2NCCCC2C)cc1F. The minimum absolute atomic E-state index is 0.0680. The summed E-state index contributed by atoms with van der Waals surface area (Å²) in [6.07, 6.45) is 2.17. The van der Waals surface area contributed by atoms with Gasteiger partial charge in [0.25, 0.3) is 0 Å². The van der Waals surface area contributed by atoms with Gasteiger partial charge in [-0.25, -0.2) is 4.39 Å². The molecule has 0 aliphatic carbocycles. The Labute approximate surface area is 125 Å². The number of hydrogen-bond donors (Lipinski definition) is 1. The molecule has 1 amide bonds. The van der Waals surface area contributed by atoms with Crippen LogP contribution in [0.4, 0.5) is 4.39 Å². The van der Waals surface area contributed by atoms with Gasteiger partial charge in [-0.15, -0.1) is 0 Å². The molecule has 4 nitrogen and oxygen atoms in total. The first-order valence-electron chi connectivity index (χ1n) is 7.33. The lowest BCUT2D eigenvalue weighted by atomic mass is 9.92. The van der Waals surface area contributed by atoms with Crippen molar-refractivity contribution in [1.29, 1.82) is 0 Å². The van der Waals surface area contributed by atoms with Gasteiger partial charge in [-0.2, -0.15) is 0 Å². The largest absolute Gasteiger partial charge is 0.494 e. The zero-order valence-electron chi connectivity index (χ0n) is 12.9. The molecule has 2 atom stereocenters. The topological polar surface area (TPSA) is 41.6 Å². The maximum atomic E-state index is 13.7. The van der Waals surface area contributed by atoms with Crippen LogP contribution in [-0.4, -0.2) is 37.6 Å². The zero-order valence-corrected chi connectivity index (χ0v) is 12.9. The lowest BCUT2D eigenvalue weighted by Gasteiger charge is -2.32. The molecule has 1 N–H and O–H groups in total. The van der Waals surface area contributed by atoms with E-state index in [0.717, 1.165) is 24.9 Å². The molecule has 116 valence electrons. The van der Waals surface area contributed by atoms with Crippen LogP contribution >= 0.6 is 0 Å². The molecular formula is C16H23FN2O2. The molecule has 1 aromatic carbocycles. The third kappa shape index (κ3) is 3.73. The van der Waals surface area contributed by atoms with E-state index in [9.17, 15) is 9.18 Å². The number of rotatable bonds is 4. The summed E-state index contributed by atoms with van der Waals surface area (Å²) in [6, 6.07) is 4.65. The summed E-state index contributed by atoms with van der Waals surface area (Å²) in [6.45, 7) is 3.37. The standard InChI is InChI=1S/C16H23FN2O2/c1-11-5-4-8-18-15(11)16(20)19(2)10-12-6-7-14(21-3)13(17)9-12/h6-7,9,11,15,18H,4-5,8,10H2,1-3H3. The van der Waals surface area contributed by atoms with Gasteiger partial charge in [0.2, 0.25) is 5.91 Å². The minimum Gasteiger partial charge on any atom is -0.494 e. The van der Waals surface area contributed by atoms with E-state index < -0.39 is 5.82 Å². The van der Waals surface area contributed by atoms with Gasteiger partial charge in [0.1, 0.15) is 0 Å². The van der Waals surface area contributed by atoms with Crippen molar-refractivity contribution in [3.63, 3.8) is 0 Å². The number of ether oxygens (including phenoxy) is 1. The minimum atomic E-state index is -0.403. The molecule has 21 heavy (non-hydrogen) atoms. The Bertz CT molecular complexity index is 507. The van der Waals surface area contributed by atoms with Crippen LogP contribution in [0.2, 0.25) is 0 Å². The fraction of sp³-hybridized carbons (Fsp3) is 0.562. The lowest BCUT2D eigenvalue weighted by Crippen LogP contribution is -2.51. The lowest BCUT2D eigenvalue weighted by molar-refractivity contribution is -0.134. The van der Waals surface area contributed by atoms with E-state index in [2.05, 4.69) is 12.2 Å². The van der Waals surface area contributed by atoms with Crippen molar-refractivity contribution in [3.8, 4) is 5.75 Å². The number of nitrogens with one attached hydrogen (secondary N) is 1. The highest BCUT2D eigenvalue weighted by atomic mass is 19.1. The van der Waals surface area contributed by atoms with Gasteiger partial charge in [-0.05, 0) is 43.0 Å². The molecule has 1 fully saturated rings. The van der Waals surface area contributed by atoms with Crippen LogP contribution in [0.1, 0.15) is 25.3 Å². The first kappa shape index (κ1) is 15.8. The van der Waals surface area contributed by atoms with Gasteiger partial charge in [0.15, 0.2) is 11.6 Å². The number of amides is 1. The quantitative estimate of drug-likeness (QED) is 0.925. The van der Waals surface area contributed by atoms with Gasteiger partial charge in [0.05, 0.1) is 13.2 Å². The highest BCUT2D eigenvalue weighted by molar-refractivity contribution is 5.82. The third-order valence-corrected chi connectivity index (χ3v) is 4.05. The third-order valence-electron chi connectivity index (χ3n) is 4.05. The molecule has 0 saturated carbocycles. The van der Waals surface area contributed by atoms with Crippen LogP contribution in [0.3, 0.4) is 0 Å². The first-order chi connectivity index (χ1) is 10.0. The second-order valence-corrected chi connectivity index (χ2v) is 5.71. The number of piperidine rings is 1. The van der Waals surface area contributed by atoms with E-state index in [0.29, 0.717) is 12.5 Å². The number of hydrogen-bond acceptors (Lipinski definition) is 3. The Kier molecular flexibility index (Phi) is 5.17. The number of halogens is 1. The van der Waals surface area contributed by atoms with E-state index in [1.165, 1.54) is 13.2 Å². The predicted molar refractivity (Wildman–Crippen MR) is 79.6 cm³/mol. The zero-order chi connectivity index (χ0) is 15.4. The molecule has 0 bridgehead atoms. The molecule has 2 rings (SSSR count). The van der Waals surface area contributed by atoms with Crippen LogP contribution in [0, 0.1) is 11.7 Å². The van der Waals surface area contributed by atoms with E-state index in [-0.39, 0.29) is 17.7 Å². The van der Waals surface area contributed by atoms with Crippen LogP contribution in [0.5, 0.6) is 5.75 Å².